The van der Waals surface area contributed by atoms with Gasteiger partial charge in [0.05, 0.1) is 16.4 Å². The molecule has 17 heavy (non-hydrogen) atoms. The zero-order valence-electron chi connectivity index (χ0n) is 9.39. The number of rotatable bonds is 3. The van der Waals surface area contributed by atoms with Crippen molar-refractivity contribution in [2.45, 2.75) is 6.92 Å². The molecule has 0 aliphatic rings. The van der Waals surface area contributed by atoms with Crippen molar-refractivity contribution >= 4 is 23.0 Å². The third-order valence-corrected chi connectivity index (χ3v) is 2.65. The lowest BCUT2D eigenvalue weighted by Crippen LogP contribution is -1.99. The lowest BCUT2D eigenvalue weighted by atomic mass is 10.2. The van der Waals surface area contributed by atoms with Gasteiger partial charge in [-0.25, -0.2) is 0 Å². The minimum atomic E-state index is 0.652. The van der Waals surface area contributed by atoms with Crippen LogP contribution in [0, 0.1) is 0 Å². The molecule has 0 aliphatic heterocycles. The normalized spacial score (nSPS) is 11.3. The van der Waals surface area contributed by atoms with E-state index in [2.05, 4.69) is 15.5 Å². The summed E-state index contributed by atoms with van der Waals surface area (Å²) in [6.45, 7) is 1.93. The smallest absolute Gasteiger partial charge is 0.0748 e. The highest BCUT2D eigenvalue weighted by molar-refractivity contribution is 6.33. The number of aromatic nitrogens is 1. The maximum absolute atomic E-state index is 6.01. The van der Waals surface area contributed by atoms with E-state index in [-0.39, 0.29) is 0 Å². The number of hydrogen-bond acceptors (Lipinski definition) is 3. The minimum absolute atomic E-state index is 0.652. The van der Waals surface area contributed by atoms with Gasteiger partial charge in [0.25, 0.3) is 0 Å². The molecule has 0 amide bonds. The van der Waals surface area contributed by atoms with Gasteiger partial charge in [-0.15, -0.1) is 0 Å². The molecule has 0 atom stereocenters. The molecule has 1 N–H and O–H groups in total. The Morgan fingerprint density at radius 2 is 1.88 bits per heavy atom. The highest BCUT2D eigenvalue weighted by Gasteiger charge is 1.98. The predicted octanol–water partition coefficient (Wildman–Crippen LogP) is 3.57. The van der Waals surface area contributed by atoms with Gasteiger partial charge in [0, 0.05) is 18.0 Å². The van der Waals surface area contributed by atoms with Crippen molar-refractivity contribution in [1.29, 1.82) is 0 Å². The van der Waals surface area contributed by atoms with E-state index in [1.54, 1.807) is 12.4 Å². The van der Waals surface area contributed by atoms with Crippen molar-refractivity contribution in [3.63, 3.8) is 0 Å². The lowest BCUT2D eigenvalue weighted by molar-refractivity contribution is 1.29. The molecule has 0 fully saturated rings. The molecule has 0 aliphatic carbocycles. The Bertz CT molecular complexity index is 523. The van der Waals surface area contributed by atoms with Crippen LogP contribution in [0.3, 0.4) is 0 Å². The molecule has 0 saturated carbocycles. The van der Waals surface area contributed by atoms with Crippen LogP contribution in [0.4, 0.5) is 5.69 Å². The van der Waals surface area contributed by atoms with E-state index in [9.17, 15) is 0 Å². The second-order valence-corrected chi connectivity index (χ2v) is 3.93. The first-order chi connectivity index (χ1) is 8.27. The Labute approximate surface area is 105 Å². The summed E-state index contributed by atoms with van der Waals surface area (Å²) in [5.41, 5.74) is 5.65. The molecule has 2 rings (SSSR count). The molecule has 1 aromatic carbocycles. The van der Waals surface area contributed by atoms with Gasteiger partial charge in [-0.1, -0.05) is 23.7 Å². The fourth-order valence-corrected chi connectivity index (χ4v) is 1.53. The highest BCUT2D eigenvalue weighted by Crippen LogP contribution is 2.20. The summed E-state index contributed by atoms with van der Waals surface area (Å²) in [4.78, 5) is 3.96. The van der Waals surface area contributed by atoms with E-state index in [0.717, 1.165) is 17.0 Å². The van der Waals surface area contributed by atoms with Crippen LogP contribution in [0.25, 0.3) is 0 Å². The van der Waals surface area contributed by atoms with E-state index < -0.39 is 0 Å². The summed E-state index contributed by atoms with van der Waals surface area (Å²) >= 11 is 6.01. The van der Waals surface area contributed by atoms with Crippen molar-refractivity contribution in [3.8, 4) is 0 Å². The number of nitrogens with zero attached hydrogens (tertiary/aromatic N) is 2. The molecule has 0 bridgehead atoms. The SMILES string of the molecule is C/C(=N/Nc1ccccc1Cl)c1ccncc1. The molecule has 0 radical (unpaired) electrons. The van der Waals surface area contributed by atoms with E-state index in [1.807, 2.05) is 43.3 Å². The molecule has 0 unspecified atom stereocenters. The first kappa shape index (κ1) is 11.6. The number of hydrazone groups is 1. The van der Waals surface area contributed by atoms with Crippen molar-refractivity contribution in [3.05, 3.63) is 59.4 Å². The van der Waals surface area contributed by atoms with Gasteiger partial charge >= 0.3 is 0 Å². The van der Waals surface area contributed by atoms with E-state index in [1.165, 1.54) is 0 Å². The van der Waals surface area contributed by atoms with Gasteiger partial charge in [-0.3, -0.25) is 10.4 Å². The number of benzene rings is 1. The van der Waals surface area contributed by atoms with Crippen LogP contribution in [-0.2, 0) is 0 Å². The third kappa shape index (κ3) is 3.04. The molecule has 1 aromatic heterocycles. The van der Waals surface area contributed by atoms with E-state index in [0.29, 0.717) is 5.02 Å². The van der Waals surface area contributed by atoms with Crippen LogP contribution in [0.5, 0.6) is 0 Å². The van der Waals surface area contributed by atoms with Gasteiger partial charge in [-0.2, -0.15) is 5.10 Å². The molecule has 0 saturated heterocycles. The summed E-state index contributed by atoms with van der Waals surface area (Å²) in [5, 5.41) is 4.93. The molecule has 2 aromatic rings. The average Bonchev–Trinajstić information content (AvgIpc) is 2.38. The standard InChI is InChI=1S/C13H12ClN3/c1-10(11-6-8-15-9-7-11)16-17-13-5-3-2-4-12(13)14/h2-9,17H,1H3/b16-10-. The monoisotopic (exact) mass is 245 g/mol. The molecular formula is C13H12ClN3. The van der Waals surface area contributed by atoms with Crippen LogP contribution < -0.4 is 5.43 Å². The van der Waals surface area contributed by atoms with Gasteiger partial charge in [0.1, 0.15) is 0 Å². The summed E-state index contributed by atoms with van der Waals surface area (Å²) in [6.07, 6.45) is 3.48. The van der Waals surface area contributed by atoms with E-state index >= 15 is 0 Å². The highest BCUT2D eigenvalue weighted by atomic mass is 35.5. The van der Waals surface area contributed by atoms with Gasteiger partial charge in [-0.05, 0) is 31.2 Å². The predicted molar refractivity (Wildman–Crippen MR) is 71.5 cm³/mol. The average molecular weight is 246 g/mol. The number of anilines is 1. The molecule has 86 valence electrons. The van der Waals surface area contributed by atoms with Crippen LogP contribution >= 0.6 is 11.6 Å². The topological polar surface area (TPSA) is 37.3 Å². The maximum atomic E-state index is 6.01. The summed E-state index contributed by atoms with van der Waals surface area (Å²) in [7, 11) is 0. The van der Waals surface area contributed by atoms with Crippen molar-refractivity contribution in [1.82, 2.24) is 4.98 Å². The van der Waals surface area contributed by atoms with Crippen molar-refractivity contribution < 1.29 is 0 Å². The van der Waals surface area contributed by atoms with Crippen molar-refractivity contribution in [2.24, 2.45) is 5.10 Å². The Morgan fingerprint density at radius 1 is 1.18 bits per heavy atom. The molecule has 4 heteroatoms. The van der Waals surface area contributed by atoms with Crippen LogP contribution in [0.15, 0.2) is 53.9 Å². The van der Waals surface area contributed by atoms with Crippen molar-refractivity contribution in [2.75, 3.05) is 5.43 Å². The second kappa shape index (κ2) is 5.46. The van der Waals surface area contributed by atoms with Crippen LogP contribution in [0.1, 0.15) is 12.5 Å². The first-order valence-electron chi connectivity index (χ1n) is 5.22. The molecule has 3 nitrogen and oxygen atoms in total. The fourth-order valence-electron chi connectivity index (χ4n) is 1.35. The Morgan fingerprint density at radius 3 is 2.59 bits per heavy atom. The van der Waals surface area contributed by atoms with Gasteiger partial charge in [0.15, 0.2) is 0 Å². The maximum Gasteiger partial charge on any atom is 0.0748 e. The number of halogens is 1. The third-order valence-electron chi connectivity index (χ3n) is 2.32. The Kier molecular flexibility index (Phi) is 3.73. The number of para-hydroxylation sites is 1. The minimum Gasteiger partial charge on any atom is -0.277 e. The summed E-state index contributed by atoms with van der Waals surface area (Å²) in [5.74, 6) is 0. The number of nitrogens with one attached hydrogen (secondary N) is 1. The lowest BCUT2D eigenvalue weighted by Gasteiger charge is -2.04. The molecule has 1 heterocycles. The number of pyridine rings is 1. The first-order valence-corrected chi connectivity index (χ1v) is 5.60. The molecule has 0 spiro atoms. The second-order valence-electron chi connectivity index (χ2n) is 3.52. The van der Waals surface area contributed by atoms with Crippen LogP contribution in [-0.4, -0.2) is 10.7 Å². The van der Waals surface area contributed by atoms with Crippen LogP contribution in [0.2, 0.25) is 5.02 Å². The quantitative estimate of drug-likeness (QED) is 0.663. The summed E-state index contributed by atoms with van der Waals surface area (Å²) < 4.78 is 0. The van der Waals surface area contributed by atoms with Gasteiger partial charge in [0.2, 0.25) is 0 Å². The Balaban J connectivity index is 2.14. The zero-order chi connectivity index (χ0) is 12.1. The zero-order valence-corrected chi connectivity index (χ0v) is 10.1. The molecular weight excluding hydrogens is 234 g/mol. The number of hydrogen-bond donors (Lipinski definition) is 1. The largest absolute Gasteiger partial charge is 0.277 e. The summed E-state index contributed by atoms with van der Waals surface area (Å²) in [6, 6.07) is 11.3. The van der Waals surface area contributed by atoms with E-state index in [4.69, 9.17) is 11.6 Å². The van der Waals surface area contributed by atoms with Gasteiger partial charge < -0.3 is 0 Å². The fraction of sp³-hybridized carbons (Fsp3) is 0.0769. The Hall–Kier alpha value is -1.87.